The predicted molar refractivity (Wildman–Crippen MR) is 147 cm³/mol. The molecule has 2 N–H and O–H groups in total. The van der Waals surface area contributed by atoms with Crippen molar-refractivity contribution >= 4 is 28.9 Å². The molecule has 3 heterocycles. The number of amides is 1. The third-order valence-corrected chi connectivity index (χ3v) is 6.89. The van der Waals surface area contributed by atoms with E-state index in [-0.39, 0.29) is 18.0 Å². The van der Waals surface area contributed by atoms with E-state index in [9.17, 15) is 4.79 Å². The van der Waals surface area contributed by atoms with Crippen LogP contribution in [0, 0.1) is 13.8 Å². The molecule has 182 valence electrons. The minimum absolute atomic E-state index is 0.0451. The molecule has 0 radical (unpaired) electrons. The van der Waals surface area contributed by atoms with Crippen LogP contribution in [0.15, 0.2) is 91.1 Å². The third-order valence-electron chi connectivity index (χ3n) is 6.54. The Balaban J connectivity index is 1.45. The van der Waals surface area contributed by atoms with Gasteiger partial charge >= 0.3 is 0 Å². The number of aromatic nitrogens is 2. The Kier molecular flexibility index (Phi) is 6.82. The lowest BCUT2D eigenvalue weighted by Gasteiger charge is -2.29. The Labute approximate surface area is 217 Å². The number of hydrogen-bond acceptors (Lipinski definition) is 3. The number of pyridine rings is 1. The second-order valence-electron chi connectivity index (χ2n) is 9.05. The number of aryl methyl sites for hydroxylation is 2. The lowest BCUT2D eigenvalue weighted by Crippen LogP contribution is -2.33. The number of rotatable bonds is 7. The van der Waals surface area contributed by atoms with E-state index in [0.717, 1.165) is 34.0 Å². The number of carbonyl (C=O) groups is 1. The van der Waals surface area contributed by atoms with Crippen molar-refractivity contribution in [3.05, 3.63) is 114 Å². The highest BCUT2D eigenvalue weighted by Gasteiger charge is 2.41. The SMILES string of the molecule is Cc1ccc(NC(=O)CCN2C(=S)N[C@@H](c3ccccn3)[C@@H]2c2ccc(C)n2-c2ccccc2)cc1. The van der Waals surface area contributed by atoms with E-state index in [1.807, 2.05) is 67.6 Å². The fourth-order valence-corrected chi connectivity index (χ4v) is 5.10. The topological polar surface area (TPSA) is 62.2 Å². The van der Waals surface area contributed by atoms with Crippen molar-refractivity contribution in [3.8, 4) is 5.69 Å². The van der Waals surface area contributed by atoms with Crippen molar-refractivity contribution < 1.29 is 4.79 Å². The molecule has 5 rings (SSSR count). The van der Waals surface area contributed by atoms with Crippen LogP contribution in [0.5, 0.6) is 0 Å². The van der Waals surface area contributed by atoms with Gasteiger partial charge in [0.1, 0.15) is 0 Å². The molecular weight excluding hydrogens is 466 g/mol. The molecule has 36 heavy (non-hydrogen) atoms. The van der Waals surface area contributed by atoms with Crippen LogP contribution in [0.3, 0.4) is 0 Å². The van der Waals surface area contributed by atoms with E-state index >= 15 is 0 Å². The van der Waals surface area contributed by atoms with E-state index in [4.69, 9.17) is 12.2 Å². The van der Waals surface area contributed by atoms with Crippen molar-refractivity contribution in [1.82, 2.24) is 19.8 Å². The Morgan fingerprint density at radius 2 is 1.72 bits per heavy atom. The minimum Gasteiger partial charge on any atom is -0.352 e. The summed E-state index contributed by atoms with van der Waals surface area (Å²) in [6.45, 7) is 4.61. The van der Waals surface area contributed by atoms with Crippen LogP contribution in [-0.4, -0.2) is 32.0 Å². The molecule has 1 saturated heterocycles. The highest BCUT2D eigenvalue weighted by atomic mass is 32.1. The van der Waals surface area contributed by atoms with E-state index in [0.29, 0.717) is 18.1 Å². The Bertz CT molecular complexity index is 1350. The first-order valence-corrected chi connectivity index (χ1v) is 12.5. The van der Waals surface area contributed by atoms with Crippen molar-refractivity contribution in [3.63, 3.8) is 0 Å². The molecule has 1 aliphatic heterocycles. The maximum absolute atomic E-state index is 12.8. The fraction of sp³-hybridized carbons (Fsp3) is 0.207. The monoisotopic (exact) mass is 495 g/mol. The predicted octanol–water partition coefficient (Wildman–Crippen LogP) is 5.49. The van der Waals surface area contributed by atoms with Gasteiger partial charge in [-0.25, -0.2) is 0 Å². The molecule has 1 fully saturated rings. The Hall–Kier alpha value is -3.97. The number of nitrogens with zero attached hydrogens (tertiary/aromatic N) is 3. The van der Waals surface area contributed by atoms with Crippen molar-refractivity contribution in [1.29, 1.82) is 0 Å². The molecule has 2 atom stereocenters. The molecule has 0 bridgehead atoms. The molecule has 1 aliphatic rings. The minimum atomic E-state index is -0.143. The molecule has 2 aromatic heterocycles. The van der Waals surface area contributed by atoms with Crippen LogP contribution in [0.4, 0.5) is 5.69 Å². The van der Waals surface area contributed by atoms with Gasteiger partial charge in [0.2, 0.25) is 5.91 Å². The quantitative estimate of drug-likeness (QED) is 0.332. The van der Waals surface area contributed by atoms with Gasteiger partial charge in [-0.05, 0) is 74.6 Å². The van der Waals surface area contributed by atoms with Gasteiger partial charge in [0, 0.05) is 41.9 Å². The smallest absolute Gasteiger partial charge is 0.226 e. The molecule has 0 spiro atoms. The molecule has 4 aromatic rings. The summed E-state index contributed by atoms with van der Waals surface area (Å²) in [5.41, 5.74) is 6.18. The first-order valence-electron chi connectivity index (χ1n) is 12.1. The standard InChI is InChI=1S/C29H29N5OS/c1-20-11-14-22(15-12-20)31-26(35)17-19-33-28(27(32-29(33)36)24-10-6-7-18-30-24)25-16-13-21(2)34(25)23-8-4-3-5-9-23/h3-16,18,27-28H,17,19H2,1-2H3,(H,31,35)(H,32,36)/t27-,28-/m0/s1. The molecule has 7 heteroatoms. The summed E-state index contributed by atoms with van der Waals surface area (Å²) in [7, 11) is 0. The molecule has 0 unspecified atom stereocenters. The van der Waals surface area contributed by atoms with Crippen molar-refractivity contribution in [2.75, 3.05) is 11.9 Å². The Morgan fingerprint density at radius 3 is 2.44 bits per heavy atom. The zero-order valence-electron chi connectivity index (χ0n) is 20.4. The second kappa shape index (κ2) is 10.3. The molecular formula is C29H29N5OS. The van der Waals surface area contributed by atoms with Crippen LogP contribution in [-0.2, 0) is 4.79 Å². The maximum Gasteiger partial charge on any atom is 0.226 e. The maximum atomic E-state index is 12.8. The first kappa shape index (κ1) is 23.8. The van der Waals surface area contributed by atoms with Gasteiger partial charge in [-0.2, -0.15) is 0 Å². The lowest BCUT2D eigenvalue weighted by atomic mass is 10.0. The zero-order chi connectivity index (χ0) is 25.1. The van der Waals surface area contributed by atoms with Gasteiger partial charge in [-0.1, -0.05) is 42.0 Å². The van der Waals surface area contributed by atoms with E-state index in [1.54, 1.807) is 6.20 Å². The summed E-state index contributed by atoms with van der Waals surface area (Å²) in [5, 5.41) is 7.11. The zero-order valence-corrected chi connectivity index (χ0v) is 21.2. The average Bonchev–Trinajstić information content (AvgIpc) is 3.44. The second-order valence-corrected chi connectivity index (χ2v) is 9.44. The van der Waals surface area contributed by atoms with Crippen LogP contribution in [0.25, 0.3) is 5.69 Å². The number of para-hydroxylation sites is 1. The molecule has 0 aliphatic carbocycles. The highest BCUT2D eigenvalue weighted by Crippen LogP contribution is 2.40. The normalized spacial score (nSPS) is 17.2. The number of hydrogen-bond donors (Lipinski definition) is 2. The van der Waals surface area contributed by atoms with Gasteiger partial charge in [0.15, 0.2) is 5.11 Å². The summed E-state index contributed by atoms with van der Waals surface area (Å²) in [6, 6.07) is 28.0. The van der Waals surface area contributed by atoms with Crippen LogP contribution >= 0.6 is 12.2 Å². The lowest BCUT2D eigenvalue weighted by molar-refractivity contribution is -0.116. The number of carbonyl (C=O) groups excluding carboxylic acids is 1. The number of benzene rings is 2. The van der Waals surface area contributed by atoms with E-state index in [2.05, 4.69) is 56.3 Å². The van der Waals surface area contributed by atoms with Crippen LogP contribution < -0.4 is 10.6 Å². The summed E-state index contributed by atoms with van der Waals surface area (Å²) in [6.07, 6.45) is 2.11. The summed E-state index contributed by atoms with van der Waals surface area (Å²) in [4.78, 5) is 19.6. The summed E-state index contributed by atoms with van der Waals surface area (Å²) < 4.78 is 2.26. The van der Waals surface area contributed by atoms with Gasteiger partial charge in [-0.15, -0.1) is 0 Å². The van der Waals surface area contributed by atoms with E-state index in [1.165, 1.54) is 0 Å². The number of nitrogens with one attached hydrogen (secondary N) is 2. The largest absolute Gasteiger partial charge is 0.352 e. The highest BCUT2D eigenvalue weighted by molar-refractivity contribution is 7.80. The molecule has 1 amide bonds. The molecule has 0 saturated carbocycles. The van der Waals surface area contributed by atoms with Crippen LogP contribution in [0.2, 0.25) is 0 Å². The third kappa shape index (κ3) is 4.88. The van der Waals surface area contributed by atoms with Gasteiger partial charge in [0.25, 0.3) is 0 Å². The first-order chi connectivity index (χ1) is 17.5. The van der Waals surface area contributed by atoms with Gasteiger partial charge in [-0.3, -0.25) is 9.78 Å². The van der Waals surface area contributed by atoms with Crippen LogP contribution in [0.1, 0.15) is 41.1 Å². The van der Waals surface area contributed by atoms with Crippen molar-refractivity contribution in [2.24, 2.45) is 0 Å². The molecule has 6 nitrogen and oxygen atoms in total. The summed E-state index contributed by atoms with van der Waals surface area (Å²) in [5.74, 6) is -0.0451. The average molecular weight is 496 g/mol. The number of thiocarbonyl (C=S) groups is 1. The van der Waals surface area contributed by atoms with Gasteiger partial charge in [0.05, 0.1) is 17.8 Å². The molecule has 2 aromatic carbocycles. The van der Waals surface area contributed by atoms with E-state index < -0.39 is 0 Å². The fourth-order valence-electron chi connectivity index (χ4n) is 4.77. The summed E-state index contributed by atoms with van der Waals surface area (Å²) >= 11 is 5.80. The Morgan fingerprint density at radius 1 is 0.972 bits per heavy atom. The van der Waals surface area contributed by atoms with Gasteiger partial charge < -0.3 is 20.1 Å². The number of anilines is 1. The van der Waals surface area contributed by atoms with Crippen molar-refractivity contribution in [2.45, 2.75) is 32.4 Å².